The van der Waals surface area contributed by atoms with Gasteiger partial charge in [-0.2, -0.15) is 8.78 Å². The summed E-state index contributed by atoms with van der Waals surface area (Å²) < 4.78 is 34.5. The molecule has 0 aliphatic rings. The lowest BCUT2D eigenvalue weighted by Gasteiger charge is -2.18. The van der Waals surface area contributed by atoms with Gasteiger partial charge in [-0.25, -0.2) is 0 Å². The second-order valence-electron chi connectivity index (χ2n) is 5.63. The number of rotatable bonds is 11. The Bertz CT molecular complexity index is 568. The Hall–Kier alpha value is -0.910. The first-order chi connectivity index (χ1) is 12.5. The molecular weight excluding hydrogens is 493 g/mol. The van der Waals surface area contributed by atoms with Crippen LogP contribution in [0.5, 0.6) is 5.75 Å². The van der Waals surface area contributed by atoms with Gasteiger partial charge in [0.05, 0.1) is 0 Å². The molecule has 1 aromatic rings. The van der Waals surface area contributed by atoms with Crippen molar-refractivity contribution in [3.8, 4) is 5.75 Å². The van der Waals surface area contributed by atoms with Crippen molar-refractivity contribution in [3.63, 3.8) is 0 Å². The molecule has 0 saturated heterocycles. The topological polar surface area (TPSA) is 58.1 Å². The third-order valence-electron chi connectivity index (χ3n) is 3.58. The van der Waals surface area contributed by atoms with Gasteiger partial charge in [-0.15, -0.1) is 24.0 Å². The monoisotopic (exact) mass is 520 g/mol. The van der Waals surface area contributed by atoms with Gasteiger partial charge in [0.1, 0.15) is 5.75 Å². The molecule has 0 saturated carbocycles. The highest BCUT2D eigenvalue weighted by Gasteiger charge is 2.11. The molecule has 0 aliphatic carbocycles. The molecule has 0 aromatic heterocycles. The maximum atomic E-state index is 12.5. The maximum absolute atomic E-state index is 12.5. The Kier molecular flexibility index (Phi) is 14.6. The van der Waals surface area contributed by atoms with E-state index in [9.17, 15) is 8.78 Å². The summed E-state index contributed by atoms with van der Waals surface area (Å²) in [5, 5.41) is 6.70. The van der Waals surface area contributed by atoms with Crippen LogP contribution in [0.1, 0.15) is 12.0 Å². The molecule has 27 heavy (non-hydrogen) atoms. The molecule has 0 spiro atoms. The molecule has 0 bridgehead atoms. The molecule has 1 rings (SSSR count). The van der Waals surface area contributed by atoms with Crippen molar-refractivity contribution < 1.29 is 18.3 Å². The Morgan fingerprint density at radius 3 is 2.67 bits per heavy atom. The fourth-order valence-corrected chi connectivity index (χ4v) is 2.45. The number of likely N-dealkylation sites (N-methyl/N-ethyl adjacent to an activating group) is 1. The van der Waals surface area contributed by atoms with Crippen molar-refractivity contribution in [3.05, 3.63) is 28.8 Å². The van der Waals surface area contributed by atoms with Crippen molar-refractivity contribution in [2.45, 2.75) is 19.6 Å². The van der Waals surface area contributed by atoms with E-state index in [0.717, 1.165) is 26.1 Å². The van der Waals surface area contributed by atoms with E-state index >= 15 is 0 Å². The lowest BCUT2D eigenvalue weighted by molar-refractivity contribution is -0.0504. The minimum Gasteiger partial charge on any atom is -0.434 e. The summed E-state index contributed by atoms with van der Waals surface area (Å²) >= 11 is 5.94. The molecule has 2 N–H and O–H groups in total. The third kappa shape index (κ3) is 11.5. The first-order valence-corrected chi connectivity index (χ1v) is 8.69. The number of guanidine groups is 1. The largest absolute Gasteiger partial charge is 0.434 e. The number of benzene rings is 1. The predicted molar refractivity (Wildman–Crippen MR) is 116 cm³/mol. The zero-order valence-electron chi connectivity index (χ0n) is 15.8. The van der Waals surface area contributed by atoms with E-state index in [2.05, 4.69) is 25.3 Å². The summed E-state index contributed by atoms with van der Waals surface area (Å²) in [6, 6.07) is 4.52. The molecule has 156 valence electrons. The molecule has 1 aromatic carbocycles. The summed E-state index contributed by atoms with van der Waals surface area (Å²) in [5.74, 6) is 0.656. The van der Waals surface area contributed by atoms with E-state index in [-0.39, 0.29) is 36.3 Å². The van der Waals surface area contributed by atoms with Crippen LogP contribution in [0.15, 0.2) is 23.2 Å². The van der Waals surface area contributed by atoms with Gasteiger partial charge in [-0.05, 0) is 31.7 Å². The van der Waals surface area contributed by atoms with E-state index in [1.165, 1.54) is 12.1 Å². The van der Waals surface area contributed by atoms with Gasteiger partial charge in [0.25, 0.3) is 0 Å². The number of nitrogens with zero attached hydrogens (tertiary/aromatic N) is 2. The molecule has 0 radical (unpaired) electrons. The van der Waals surface area contributed by atoms with Gasteiger partial charge < -0.3 is 25.0 Å². The Morgan fingerprint density at radius 2 is 2.04 bits per heavy atom. The highest BCUT2D eigenvalue weighted by atomic mass is 127. The molecule has 0 atom stereocenters. The maximum Gasteiger partial charge on any atom is 0.387 e. The van der Waals surface area contributed by atoms with Crippen molar-refractivity contribution in [2.75, 3.05) is 47.4 Å². The van der Waals surface area contributed by atoms with E-state index in [0.29, 0.717) is 23.1 Å². The van der Waals surface area contributed by atoms with Crippen LogP contribution in [-0.4, -0.2) is 64.9 Å². The third-order valence-corrected chi connectivity index (χ3v) is 3.82. The van der Waals surface area contributed by atoms with Gasteiger partial charge in [0.2, 0.25) is 0 Å². The smallest absolute Gasteiger partial charge is 0.387 e. The number of hydrogen-bond donors (Lipinski definition) is 2. The number of methoxy groups -OCH3 is 1. The van der Waals surface area contributed by atoms with Gasteiger partial charge in [0.15, 0.2) is 5.96 Å². The van der Waals surface area contributed by atoms with E-state index in [1.54, 1.807) is 20.2 Å². The lowest BCUT2D eigenvalue weighted by Crippen LogP contribution is -2.40. The van der Waals surface area contributed by atoms with Crippen LogP contribution in [-0.2, 0) is 11.3 Å². The first-order valence-electron chi connectivity index (χ1n) is 8.31. The number of hydrogen-bond acceptors (Lipinski definition) is 4. The van der Waals surface area contributed by atoms with Gasteiger partial charge in [-0.1, -0.05) is 11.6 Å². The SMILES string of the molecule is CN=C(NCCN(C)CCCOC)NCc1cc(Cl)ccc1OC(F)F.I. The number of halogens is 4. The van der Waals surface area contributed by atoms with Crippen LogP contribution in [0.3, 0.4) is 0 Å². The fourth-order valence-electron chi connectivity index (χ4n) is 2.25. The molecule has 0 amide bonds. The molecule has 0 heterocycles. The quantitative estimate of drug-likeness (QED) is 0.203. The summed E-state index contributed by atoms with van der Waals surface area (Å²) in [7, 11) is 5.37. The van der Waals surface area contributed by atoms with Crippen molar-refractivity contribution in [1.29, 1.82) is 0 Å². The zero-order valence-corrected chi connectivity index (χ0v) is 18.9. The first kappa shape index (κ1) is 26.1. The average molecular weight is 521 g/mol. The van der Waals surface area contributed by atoms with Crippen molar-refractivity contribution in [2.24, 2.45) is 4.99 Å². The van der Waals surface area contributed by atoms with Gasteiger partial charge in [0, 0.05) is 57.5 Å². The van der Waals surface area contributed by atoms with Crippen molar-refractivity contribution in [1.82, 2.24) is 15.5 Å². The number of aliphatic imine (C=N–C) groups is 1. The summed E-state index contributed by atoms with van der Waals surface area (Å²) in [6.45, 7) is 0.579. The minimum atomic E-state index is -2.89. The highest BCUT2D eigenvalue weighted by Crippen LogP contribution is 2.24. The van der Waals surface area contributed by atoms with Crippen LogP contribution in [0, 0.1) is 0 Å². The van der Waals surface area contributed by atoms with Crippen LogP contribution < -0.4 is 15.4 Å². The summed E-state index contributed by atoms with van der Waals surface area (Å²) in [6.07, 6.45) is 0.974. The second kappa shape index (κ2) is 15.1. The second-order valence-corrected chi connectivity index (χ2v) is 6.07. The fraction of sp³-hybridized carbons (Fsp3) is 0.588. The predicted octanol–water partition coefficient (Wildman–Crippen LogP) is 3.19. The summed E-state index contributed by atoms with van der Waals surface area (Å²) in [5.41, 5.74) is 0.525. The lowest BCUT2D eigenvalue weighted by atomic mass is 10.2. The minimum absolute atomic E-state index is 0. The number of alkyl halides is 2. The van der Waals surface area contributed by atoms with E-state index < -0.39 is 6.61 Å². The zero-order chi connectivity index (χ0) is 19.4. The Balaban J connectivity index is 0.00000676. The highest BCUT2D eigenvalue weighted by molar-refractivity contribution is 14.0. The Morgan fingerprint density at radius 1 is 1.30 bits per heavy atom. The van der Waals surface area contributed by atoms with E-state index in [4.69, 9.17) is 16.3 Å². The average Bonchev–Trinajstić information content (AvgIpc) is 2.59. The normalized spacial score (nSPS) is 11.5. The van der Waals surface area contributed by atoms with Crippen LogP contribution in [0.4, 0.5) is 8.78 Å². The van der Waals surface area contributed by atoms with Crippen molar-refractivity contribution >= 4 is 41.5 Å². The van der Waals surface area contributed by atoms with Crippen LogP contribution in [0.2, 0.25) is 5.02 Å². The molecular formula is C17H28ClF2IN4O2. The molecule has 0 aliphatic heterocycles. The molecule has 0 unspecified atom stereocenters. The number of ether oxygens (including phenoxy) is 2. The molecule has 6 nitrogen and oxygen atoms in total. The standard InChI is InChI=1S/C17H27ClF2N4O2.HI/c1-21-17(22-7-9-24(2)8-4-10-25-3)23-12-13-11-14(18)5-6-15(13)26-16(19)20;/h5-6,11,16H,4,7-10,12H2,1-3H3,(H2,21,22,23);1H. The summed E-state index contributed by atoms with van der Waals surface area (Å²) in [4.78, 5) is 6.31. The molecule has 0 fully saturated rings. The molecule has 10 heteroatoms. The van der Waals surface area contributed by atoms with Gasteiger partial charge in [-0.3, -0.25) is 4.99 Å². The van der Waals surface area contributed by atoms with Crippen LogP contribution in [0.25, 0.3) is 0 Å². The Labute approximate surface area is 181 Å². The number of nitrogens with one attached hydrogen (secondary N) is 2. The van der Waals surface area contributed by atoms with E-state index in [1.807, 2.05) is 7.05 Å². The van der Waals surface area contributed by atoms with Gasteiger partial charge >= 0.3 is 6.61 Å². The van der Waals surface area contributed by atoms with Crippen LogP contribution >= 0.6 is 35.6 Å².